The number of nitrogens with two attached hydrogens (primary N) is 1. The van der Waals surface area contributed by atoms with Gasteiger partial charge in [-0.05, 0) is 31.1 Å². The SMILES string of the molecule is CCCCCCCC(=O)N1CC2CCCC(N)C2C1. The van der Waals surface area contributed by atoms with E-state index in [1.54, 1.807) is 0 Å². The summed E-state index contributed by atoms with van der Waals surface area (Å²) in [5, 5.41) is 0. The molecule has 1 heterocycles. The summed E-state index contributed by atoms with van der Waals surface area (Å²) in [6.07, 6.45) is 10.5. The molecule has 0 aromatic rings. The zero-order chi connectivity index (χ0) is 13.7. The Morgan fingerprint density at radius 3 is 2.68 bits per heavy atom. The fraction of sp³-hybridized carbons (Fsp3) is 0.938. The van der Waals surface area contributed by atoms with E-state index >= 15 is 0 Å². The van der Waals surface area contributed by atoms with Crippen molar-refractivity contribution in [3.8, 4) is 0 Å². The van der Waals surface area contributed by atoms with Crippen molar-refractivity contribution in [2.45, 2.75) is 70.8 Å². The maximum absolute atomic E-state index is 12.2. The summed E-state index contributed by atoms with van der Waals surface area (Å²) in [4.78, 5) is 14.3. The van der Waals surface area contributed by atoms with Gasteiger partial charge in [-0.2, -0.15) is 0 Å². The number of hydrogen-bond acceptors (Lipinski definition) is 2. The fourth-order valence-electron chi connectivity index (χ4n) is 3.76. The molecule has 1 saturated heterocycles. The topological polar surface area (TPSA) is 46.3 Å². The summed E-state index contributed by atoms with van der Waals surface area (Å²) in [5.74, 6) is 1.64. The van der Waals surface area contributed by atoms with E-state index in [0.717, 1.165) is 32.4 Å². The molecule has 1 amide bonds. The highest BCUT2D eigenvalue weighted by atomic mass is 16.2. The van der Waals surface area contributed by atoms with Crippen molar-refractivity contribution in [3.63, 3.8) is 0 Å². The molecule has 0 aromatic carbocycles. The molecule has 1 saturated carbocycles. The van der Waals surface area contributed by atoms with Crippen LogP contribution in [-0.4, -0.2) is 29.9 Å². The normalized spacial score (nSPS) is 30.4. The Morgan fingerprint density at radius 2 is 1.95 bits per heavy atom. The van der Waals surface area contributed by atoms with E-state index in [2.05, 4.69) is 11.8 Å². The molecule has 3 nitrogen and oxygen atoms in total. The van der Waals surface area contributed by atoms with Crippen LogP contribution in [-0.2, 0) is 4.79 Å². The highest BCUT2D eigenvalue weighted by molar-refractivity contribution is 5.76. The number of nitrogens with zero attached hydrogens (tertiary/aromatic N) is 1. The number of carbonyl (C=O) groups is 1. The fourth-order valence-corrected chi connectivity index (χ4v) is 3.76. The summed E-state index contributed by atoms with van der Waals surface area (Å²) in [7, 11) is 0. The first-order valence-electron chi connectivity index (χ1n) is 8.25. The van der Waals surface area contributed by atoms with Crippen LogP contribution in [0.5, 0.6) is 0 Å². The summed E-state index contributed by atoms with van der Waals surface area (Å²) < 4.78 is 0. The first kappa shape index (κ1) is 14.8. The lowest BCUT2D eigenvalue weighted by Crippen LogP contribution is -2.38. The van der Waals surface area contributed by atoms with Crippen molar-refractivity contribution < 1.29 is 4.79 Å². The summed E-state index contributed by atoms with van der Waals surface area (Å²) in [6.45, 7) is 4.13. The van der Waals surface area contributed by atoms with Crippen LogP contribution < -0.4 is 5.73 Å². The molecule has 1 aliphatic carbocycles. The molecule has 1 aliphatic heterocycles. The molecule has 3 heteroatoms. The van der Waals surface area contributed by atoms with Gasteiger partial charge < -0.3 is 10.6 Å². The molecule has 3 unspecified atom stereocenters. The van der Waals surface area contributed by atoms with Gasteiger partial charge in [0, 0.05) is 25.6 Å². The minimum absolute atomic E-state index is 0.334. The second-order valence-corrected chi connectivity index (χ2v) is 6.48. The summed E-state index contributed by atoms with van der Waals surface area (Å²) in [5.41, 5.74) is 6.20. The lowest BCUT2D eigenvalue weighted by atomic mass is 9.78. The summed E-state index contributed by atoms with van der Waals surface area (Å²) in [6, 6.07) is 0.334. The number of hydrogen-bond donors (Lipinski definition) is 1. The lowest BCUT2D eigenvalue weighted by molar-refractivity contribution is -0.130. The first-order valence-corrected chi connectivity index (χ1v) is 8.25. The van der Waals surface area contributed by atoms with E-state index in [0.29, 0.717) is 23.8 Å². The molecule has 0 radical (unpaired) electrons. The maximum Gasteiger partial charge on any atom is 0.222 e. The Kier molecular flexibility index (Phi) is 5.68. The van der Waals surface area contributed by atoms with Crippen molar-refractivity contribution >= 4 is 5.91 Å². The minimum Gasteiger partial charge on any atom is -0.342 e. The zero-order valence-electron chi connectivity index (χ0n) is 12.4. The molecule has 2 rings (SSSR count). The predicted octanol–water partition coefficient (Wildman–Crippen LogP) is 2.93. The highest BCUT2D eigenvalue weighted by Gasteiger charge is 2.39. The Morgan fingerprint density at radius 1 is 1.16 bits per heavy atom. The predicted molar refractivity (Wildman–Crippen MR) is 78.8 cm³/mol. The van der Waals surface area contributed by atoms with Gasteiger partial charge in [0.15, 0.2) is 0 Å². The Bertz CT molecular complexity index is 292. The average Bonchev–Trinajstić information content (AvgIpc) is 2.84. The van der Waals surface area contributed by atoms with Crippen LogP contribution in [0.1, 0.15) is 64.7 Å². The zero-order valence-corrected chi connectivity index (χ0v) is 12.4. The third-order valence-electron chi connectivity index (χ3n) is 5.00. The largest absolute Gasteiger partial charge is 0.342 e. The molecular weight excluding hydrogens is 236 g/mol. The maximum atomic E-state index is 12.2. The number of carbonyl (C=O) groups excluding carboxylic acids is 1. The third kappa shape index (κ3) is 3.95. The van der Waals surface area contributed by atoms with Gasteiger partial charge in [-0.15, -0.1) is 0 Å². The smallest absolute Gasteiger partial charge is 0.222 e. The minimum atomic E-state index is 0.334. The first-order chi connectivity index (χ1) is 9.22. The van der Waals surface area contributed by atoms with Crippen molar-refractivity contribution in [2.75, 3.05) is 13.1 Å². The van der Waals surface area contributed by atoms with Crippen LogP contribution in [0.15, 0.2) is 0 Å². The molecule has 2 N–H and O–H groups in total. The van der Waals surface area contributed by atoms with Crippen LogP contribution in [0.3, 0.4) is 0 Å². The van der Waals surface area contributed by atoms with Gasteiger partial charge >= 0.3 is 0 Å². The van der Waals surface area contributed by atoms with E-state index < -0.39 is 0 Å². The van der Waals surface area contributed by atoms with Gasteiger partial charge in [0.2, 0.25) is 5.91 Å². The van der Waals surface area contributed by atoms with Gasteiger partial charge in [-0.1, -0.05) is 39.0 Å². The van der Waals surface area contributed by atoms with Gasteiger partial charge in [0.25, 0.3) is 0 Å². The lowest BCUT2D eigenvalue weighted by Gasteiger charge is -2.29. The third-order valence-corrected chi connectivity index (χ3v) is 5.00. The second-order valence-electron chi connectivity index (χ2n) is 6.48. The molecule has 2 fully saturated rings. The Labute approximate surface area is 117 Å². The van der Waals surface area contributed by atoms with Crippen molar-refractivity contribution in [2.24, 2.45) is 17.6 Å². The highest BCUT2D eigenvalue weighted by Crippen LogP contribution is 2.35. The molecular formula is C16H30N2O. The molecule has 19 heavy (non-hydrogen) atoms. The van der Waals surface area contributed by atoms with Gasteiger partial charge in [0.05, 0.1) is 0 Å². The Hall–Kier alpha value is -0.570. The molecule has 3 atom stereocenters. The monoisotopic (exact) mass is 266 g/mol. The van der Waals surface area contributed by atoms with E-state index in [-0.39, 0.29) is 0 Å². The molecule has 110 valence electrons. The van der Waals surface area contributed by atoms with Gasteiger partial charge in [-0.25, -0.2) is 0 Å². The van der Waals surface area contributed by atoms with Gasteiger partial charge in [0.1, 0.15) is 0 Å². The van der Waals surface area contributed by atoms with E-state index in [1.807, 2.05) is 0 Å². The molecule has 2 aliphatic rings. The van der Waals surface area contributed by atoms with Crippen LogP contribution in [0, 0.1) is 11.8 Å². The number of fused-ring (bicyclic) bond motifs is 1. The summed E-state index contributed by atoms with van der Waals surface area (Å²) >= 11 is 0. The van der Waals surface area contributed by atoms with E-state index in [9.17, 15) is 4.79 Å². The molecule has 0 bridgehead atoms. The number of rotatable bonds is 6. The quantitative estimate of drug-likeness (QED) is 0.751. The Balaban J connectivity index is 1.69. The van der Waals surface area contributed by atoms with Crippen LogP contribution in [0.2, 0.25) is 0 Å². The van der Waals surface area contributed by atoms with E-state index in [4.69, 9.17) is 5.73 Å². The average molecular weight is 266 g/mol. The van der Waals surface area contributed by atoms with Crippen molar-refractivity contribution in [1.82, 2.24) is 4.90 Å². The van der Waals surface area contributed by atoms with Crippen molar-refractivity contribution in [3.05, 3.63) is 0 Å². The van der Waals surface area contributed by atoms with Crippen LogP contribution in [0.25, 0.3) is 0 Å². The van der Waals surface area contributed by atoms with Gasteiger partial charge in [-0.3, -0.25) is 4.79 Å². The standard InChI is InChI=1S/C16H30N2O/c1-2-3-4-5-6-10-16(19)18-11-13-8-7-9-15(17)14(13)12-18/h13-15H,2-12,17H2,1H3. The van der Waals surface area contributed by atoms with Crippen LogP contribution >= 0.6 is 0 Å². The number of unbranched alkanes of at least 4 members (excludes halogenated alkanes) is 4. The van der Waals surface area contributed by atoms with E-state index in [1.165, 1.54) is 38.5 Å². The molecule has 0 spiro atoms. The van der Waals surface area contributed by atoms with Crippen LogP contribution in [0.4, 0.5) is 0 Å². The number of amides is 1. The second kappa shape index (κ2) is 7.28. The molecule has 0 aromatic heterocycles. The number of likely N-dealkylation sites (tertiary alicyclic amines) is 1. The van der Waals surface area contributed by atoms with Crippen molar-refractivity contribution in [1.29, 1.82) is 0 Å².